The van der Waals surface area contributed by atoms with Gasteiger partial charge in [0.05, 0.1) is 5.75 Å². The molecule has 0 saturated heterocycles. The average molecular weight is 419 g/mol. The second-order valence-corrected chi connectivity index (χ2v) is 8.12. The second-order valence-electron chi connectivity index (χ2n) is 6.70. The van der Waals surface area contributed by atoms with Crippen LogP contribution in [0.5, 0.6) is 0 Å². The Labute approximate surface area is 176 Å². The van der Waals surface area contributed by atoms with E-state index in [0.29, 0.717) is 29.6 Å². The Bertz CT molecular complexity index is 795. The molecule has 150 valence electrons. The maximum Gasteiger partial charge on any atom is 0.242 e. The first-order valence-electron chi connectivity index (χ1n) is 9.35. The van der Waals surface area contributed by atoms with Gasteiger partial charge in [0.25, 0.3) is 0 Å². The molecule has 0 fully saturated rings. The van der Waals surface area contributed by atoms with Crippen molar-refractivity contribution in [3.8, 4) is 0 Å². The zero-order valence-corrected chi connectivity index (χ0v) is 18.1. The van der Waals surface area contributed by atoms with Crippen LogP contribution < -0.4 is 5.32 Å². The number of likely N-dealkylation sites (N-methyl/N-ethyl adjacent to an activating group) is 1. The number of nitrogens with zero attached hydrogens (tertiary/aromatic N) is 1. The molecule has 2 aromatic carbocycles. The van der Waals surface area contributed by atoms with E-state index in [2.05, 4.69) is 5.32 Å². The number of rotatable bonds is 9. The van der Waals surface area contributed by atoms with Gasteiger partial charge in [-0.3, -0.25) is 9.59 Å². The number of halogens is 1. The van der Waals surface area contributed by atoms with Crippen LogP contribution in [0.4, 0.5) is 0 Å². The van der Waals surface area contributed by atoms with Gasteiger partial charge in [-0.05, 0) is 44.0 Å². The van der Waals surface area contributed by atoms with E-state index in [-0.39, 0.29) is 11.8 Å². The number of amides is 2. The minimum atomic E-state index is -0.527. The maximum atomic E-state index is 12.9. The Kier molecular flexibility index (Phi) is 8.87. The van der Waals surface area contributed by atoms with Crippen LogP contribution >= 0.6 is 23.4 Å². The van der Waals surface area contributed by atoms with Crippen molar-refractivity contribution in [2.24, 2.45) is 0 Å². The smallest absolute Gasteiger partial charge is 0.242 e. The summed E-state index contributed by atoms with van der Waals surface area (Å²) >= 11 is 7.54. The Morgan fingerprint density at radius 3 is 2.50 bits per heavy atom. The van der Waals surface area contributed by atoms with E-state index in [0.717, 1.165) is 16.7 Å². The summed E-state index contributed by atoms with van der Waals surface area (Å²) in [6, 6.07) is 15.1. The van der Waals surface area contributed by atoms with E-state index >= 15 is 0 Å². The summed E-state index contributed by atoms with van der Waals surface area (Å²) in [5, 5.41) is 3.50. The van der Waals surface area contributed by atoms with Gasteiger partial charge >= 0.3 is 0 Å². The molecule has 0 saturated carbocycles. The van der Waals surface area contributed by atoms with Crippen molar-refractivity contribution < 1.29 is 9.59 Å². The second kappa shape index (κ2) is 11.1. The lowest BCUT2D eigenvalue weighted by Gasteiger charge is -2.28. The first kappa shape index (κ1) is 22.3. The van der Waals surface area contributed by atoms with Crippen LogP contribution in [-0.4, -0.2) is 35.1 Å². The normalized spacial score (nSPS) is 11.7. The van der Waals surface area contributed by atoms with E-state index in [1.54, 1.807) is 11.8 Å². The lowest BCUT2D eigenvalue weighted by atomic mass is 10.1. The molecule has 0 spiro atoms. The van der Waals surface area contributed by atoms with Crippen molar-refractivity contribution in [3.63, 3.8) is 0 Å². The van der Waals surface area contributed by atoms with Crippen molar-refractivity contribution in [2.45, 2.75) is 39.1 Å². The fourth-order valence-electron chi connectivity index (χ4n) is 2.76. The van der Waals surface area contributed by atoms with Crippen molar-refractivity contribution in [2.75, 3.05) is 12.3 Å². The minimum Gasteiger partial charge on any atom is -0.355 e. The molecule has 0 radical (unpaired) electrons. The first-order valence-corrected chi connectivity index (χ1v) is 10.9. The Morgan fingerprint density at radius 2 is 1.86 bits per heavy atom. The Morgan fingerprint density at radius 1 is 1.14 bits per heavy atom. The summed E-state index contributed by atoms with van der Waals surface area (Å²) in [7, 11) is 0. The number of hydrogen-bond acceptors (Lipinski definition) is 3. The van der Waals surface area contributed by atoms with Crippen molar-refractivity contribution in [3.05, 3.63) is 70.2 Å². The van der Waals surface area contributed by atoms with Crippen LogP contribution in [0.15, 0.2) is 48.5 Å². The summed E-state index contributed by atoms with van der Waals surface area (Å²) in [6.07, 6.45) is 0. The Balaban J connectivity index is 2.04. The van der Waals surface area contributed by atoms with Gasteiger partial charge in [0.15, 0.2) is 0 Å². The van der Waals surface area contributed by atoms with E-state index < -0.39 is 6.04 Å². The number of carbonyl (C=O) groups excluding carboxylic acids is 2. The zero-order valence-electron chi connectivity index (χ0n) is 16.6. The van der Waals surface area contributed by atoms with Crippen LogP contribution in [0.25, 0.3) is 0 Å². The highest BCUT2D eigenvalue weighted by atomic mass is 35.5. The molecule has 1 atom stereocenters. The SMILES string of the molecule is CCNC(=O)C(C)N(Cc1ccc(C)cc1)C(=O)CSCc1cccc(Cl)c1. The average Bonchev–Trinajstić information content (AvgIpc) is 2.67. The summed E-state index contributed by atoms with van der Waals surface area (Å²) in [4.78, 5) is 26.9. The number of benzene rings is 2. The van der Waals surface area contributed by atoms with Crippen LogP contribution in [0.1, 0.15) is 30.5 Å². The number of thioether (sulfide) groups is 1. The molecule has 2 amide bonds. The number of carbonyl (C=O) groups is 2. The molecule has 1 unspecified atom stereocenters. The lowest BCUT2D eigenvalue weighted by molar-refractivity contribution is -0.138. The molecule has 4 nitrogen and oxygen atoms in total. The van der Waals surface area contributed by atoms with Crippen molar-refractivity contribution >= 4 is 35.2 Å². The van der Waals surface area contributed by atoms with Crippen molar-refractivity contribution in [1.29, 1.82) is 0 Å². The Hall–Kier alpha value is -1.98. The van der Waals surface area contributed by atoms with Gasteiger partial charge < -0.3 is 10.2 Å². The fourth-order valence-corrected chi connectivity index (χ4v) is 3.83. The molecule has 0 heterocycles. The molecule has 0 aliphatic carbocycles. The van der Waals surface area contributed by atoms with Crippen LogP contribution in [0.3, 0.4) is 0 Å². The molecule has 0 aromatic heterocycles. The largest absolute Gasteiger partial charge is 0.355 e. The third-order valence-electron chi connectivity index (χ3n) is 4.38. The molecule has 28 heavy (non-hydrogen) atoms. The third kappa shape index (κ3) is 6.88. The molecular weight excluding hydrogens is 392 g/mol. The van der Waals surface area contributed by atoms with Gasteiger partial charge in [0.2, 0.25) is 11.8 Å². The maximum absolute atomic E-state index is 12.9. The molecule has 2 aromatic rings. The highest BCUT2D eigenvalue weighted by Gasteiger charge is 2.25. The summed E-state index contributed by atoms with van der Waals surface area (Å²) < 4.78 is 0. The summed E-state index contributed by atoms with van der Waals surface area (Å²) in [5.74, 6) is 0.816. The number of hydrogen-bond donors (Lipinski definition) is 1. The zero-order chi connectivity index (χ0) is 20.5. The molecule has 0 aliphatic heterocycles. The van der Waals surface area contributed by atoms with E-state index in [4.69, 9.17) is 11.6 Å². The summed E-state index contributed by atoms with van der Waals surface area (Å²) in [5.41, 5.74) is 3.25. The van der Waals surface area contributed by atoms with Gasteiger partial charge in [-0.15, -0.1) is 11.8 Å². The quantitative estimate of drug-likeness (QED) is 0.655. The predicted octanol–water partition coefficient (Wildman–Crippen LogP) is 4.44. The van der Waals surface area contributed by atoms with Gasteiger partial charge in [0, 0.05) is 23.9 Å². The van der Waals surface area contributed by atoms with Crippen LogP contribution in [0, 0.1) is 6.92 Å². The van der Waals surface area contributed by atoms with Gasteiger partial charge in [-0.2, -0.15) is 0 Å². The minimum absolute atomic E-state index is 0.0497. The molecule has 0 aliphatic rings. The topological polar surface area (TPSA) is 49.4 Å². The number of nitrogens with one attached hydrogen (secondary N) is 1. The number of aryl methyl sites for hydroxylation is 1. The molecule has 0 bridgehead atoms. The fraction of sp³-hybridized carbons (Fsp3) is 0.364. The van der Waals surface area contributed by atoms with E-state index in [9.17, 15) is 9.59 Å². The monoisotopic (exact) mass is 418 g/mol. The molecular formula is C22H27ClN2O2S. The van der Waals surface area contributed by atoms with Gasteiger partial charge in [-0.1, -0.05) is 53.6 Å². The standard InChI is InChI=1S/C22H27ClN2O2S/c1-4-24-22(27)17(3)25(13-18-10-8-16(2)9-11-18)21(26)15-28-14-19-6-5-7-20(23)12-19/h5-12,17H,4,13-15H2,1-3H3,(H,24,27). The lowest BCUT2D eigenvalue weighted by Crippen LogP contribution is -2.48. The molecule has 2 rings (SSSR count). The highest BCUT2D eigenvalue weighted by molar-refractivity contribution is 7.99. The van der Waals surface area contributed by atoms with Gasteiger partial charge in [0.1, 0.15) is 6.04 Å². The molecule has 1 N–H and O–H groups in total. The summed E-state index contributed by atoms with van der Waals surface area (Å²) in [6.45, 7) is 6.63. The predicted molar refractivity (Wildman–Crippen MR) is 117 cm³/mol. The van der Waals surface area contributed by atoms with Crippen molar-refractivity contribution in [1.82, 2.24) is 10.2 Å². The third-order valence-corrected chi connectivity index (χ3v) is 5.60. The van der Waals surface area contributed by atoms with Crippen LogP contribution in [0.2, 0.25) is 5.02 Å². The highest BCUT2D eigenvalue weighted by Crippen LogP contribution is 2.18. The van der Waals surface area contributed by atoms with Gasteiger partial charge in [-0.25, -0.2) is 0 Å². The first-order chi connectivity index (χ1) is 13.4. The van der Waals surface area contributed by atoms with Crippen LogP contribution in [-0.2, 0) is 21.9 Å². The van der Waals surface area contributed by atoms with E-state index in [1.165, 1.54) is 11.8 Å². The van der Waals surface area contributed by atoms with E-state index in [1.807, 2.05) is 62.4 Å². The molecule has 6 heteroatoms.